The lowest BCUT2D eigenvalue weighted by atomic mass is 10.2. The van der Waals surface area contributed by atoms with Gasteiger partial charge in [-0.15, -0.1) is 0 Å². The Morgan fingerprint density at radius 3 is 2.23 bits per heavy atom. The number of hydrogen-bond acceptors (Lipinski definition) is 2. The van der Waals surface area contributed by atoms with Gasteiger partial charge in [0.15, 0.2) is 0 Å². The van der Waals surface area contributed by atoms with Gasteiger partial charge in [-0.25, -0.2) is 0 Å². The summed E-state index contributed by atoms with van der Waals surface area (Å²) >= 11 is 0. The minimum Gasteiger partial charge on any atom is -0.344 e. The van der Waals surface area contributed by atoms with E-state index in [0.717, 1.165) is 6.54 Å². The second-order valence-corrected chi connectivity index (χ2v) is 4.20. The molecule has 0 spiro atoms. The number of amides is 1. The average molecular weight is 186 g/mol. The van der Waals surface area contributed by atoms with E-state index in [9.17, 15) is 4.79 Å². The highest BCUT2D eigenvalue weighted by molar-refractivity contribution is 5.77. The van der Waals surface area contributed by atoms with E-state index in [1.165, 1.54) is 0 Å². The Kier molecular flexibility index (Phi) is 5.71. The zero-order valence-corrected chi connectivity index (χ0v) is 9.42. The summed E-state index contributed by atoms with van der Waals surface area (Å²) in [5.74, 6) is 0.704. The van der Waals surface area contributed by atoms with Gasteiger partial charge in [0.2, 0.25) is 5.91 Å². The third-order valence-corrected chi connectivity index (χ3v) is 1.73. The van der Waals surface area contributed by atoms with Crippen molar-refractivity contribution in [2.75, 3.05) is 20.1 Å². The first-order valence-corrected chi connectivity index (χ1v) is 4.90. The molecule has 0 aliphatic rings. The van der Waals surface area contributed by atoms with Crippen molar-refractivity contribution in [1.29, 1.82) is 0 Å². The Balaban J connectivity index is 3.69. The Bertz CT molecular complexity index is 155. The first-order chi connectivity index (χ1) is 5.93. The SMILES string of the molecule is CC(C)CN(C)C(=O)CNC(C)C. The van der Waals surface area contributed by atoms with E-state index in [1.807, 2.05) is 20.9 Å². The summed E-state index contributed by atoms with van der Waals surface area (Å²) < 4.78 is 0. The highest BCUT2D eigenvalue weighted by Gasteiger charge is 2.09. The minimum atomic E-state index is 0.169. The summed E-state index contributed by atoms with van der Waals surface area (Å²) in [6, 6.07) is 0.372. The lowest BCUT2D eigenvalue weighted by Gasteiger charge is -2.20. The lowest BCUT2D eigenvalue weighted by Crippen LogP contribution is -2.39. The summed E-state index contributed by atoms with van der Waals surface area (Å²) in [5, 5.41) is 3.11. The summed E-state index contributed by atoms with van der Waals surface area (Å²) in [6.07, 6.45) is 0. The van der Waals surface area contributed by atoms with Gasteiger partial charge in [0.25, 0.3) is 0 Å². The number of carbonyl (C=O) groups is 1. The number of nitrogens with zero attached hydrogens (tertiary/aromatic N) is 1. The van der Waals surface area contributed by atoms with Gasteiger partial charge in [-0.05, 0) is 5.92 Å². The molecule has 1 amide bonds. The number of nitrogens with one attached hydrogen (secondary N) is 1. The van der Waals surface area contributed by atoms with Gasteiger partial charge in [0, 0.05) is 19.6 Å². The summed E-state index contributed by atoms with van der Waals surface area (Å²) in [4.78, 5) is 13.2. The van der Waals surface area contributed by atoms with Gasteiger partial charge in [-0.1, -0.05) is 27.7 Å². The van der Waals surface area contributed by atoms with E-state index in [0.29, 0.717) is 18.5 Å². The Morgan fingerprint density at radius 2 is 1.85 bits per heavy atom. The molecule has 0 aromatic heterocycles. The second-order valence-electron chi connectivity index (χ2n) is 4.20. The average Bonchev–Trinajstić information content (AvgIpc) is 1.98. The fourth-order valence-electron chi connectivity index (χ4n) is 1.08. The molecule has 0 heterocycles. The van der Waals surface area contributed by atoms with Crippen molar-refractivity contribution in [3.63, 3.8) is 0 Å². The van der Waals surface area contributed by atoms with Crippen LogP contribution in [0.25, 0.3) is 0 Å². The topological polar surface area (TPSA) is 32.3 Å². The molecule has 0 atom stereocenters. The number of hydrogen-bond donors (Lipinski definition) is 1. The second kappa shape index (κ2) is 5.97. The fraction of sp³-hybridized carbons (Fsp3) is 0.900. The van der Waals surface area contributed by atoms with Gasteiger partial charge in [0.1, 0.15) is 0 Å². The van der Waals surface area contributed by atoms with Crippen molar-refractivity contribution in [2.45, 2.75) is 33.7 Å². The molecule has 0 aromatic carbocycles. The van der Waals surface area contributed by atoms with Crippen LogP contribution in [0.3, 0.4) is 0 Å². The molecule has 78 valence electrons. The molecule has 0 aliphatic carbocycles. The van der Waals surface area contributed by atoms with Crippen molar-refractivity contribution in [3.05, 3.63) is 0 Å². The van der Waals surface area contributed by atoms with Crippen molar-refractivity contribution >= 4 is 5.91 Å². The normalized spacial score (nSPS) is 11.0. The molecule has 1 N–H and O–H groups in total. The maximum atomic E-state index is 11.4. The quantitative estimate of drug-likeness (QED) is 0.697. The minimum absolute atomic E-state index is 0.169. The van der Waals surface area contributed by atoms with E-state index < -0.39 is 0 Å². The molecule has 0 saturated carbocycles. The molecular weight excluding hydrogens is 164 g/mol. The van der Waals surface area contributed by atoms with Crippen LogP contribution in [0.15, 0.2) is 0 Å². The zero-order valence-electron chi connectivity index (χ0n) is 9.42. The lowest BCUT2D eigenvalue weighted by molar-refractivity contribution is -0.129. The van der Waals surface area contributed by atoms with Crippen LogP contribution in [0.2, 0.25) is 0 Å². The first kappa shape index (κ1) is 12.4. The van der Waals surface area contributed by atoms with Crippen LogP contribution in [0.5, 0.6) is 0 Å². The van der Waals surface area contributed by atoms with E-state index in [2.05, 4.69) is 19.2 Å². The van der Waals surface area contributed by atoms with Crippen LogP contribution in [0.1, 0.15) is 27.7 Å². The third-order valence-electron chi connectivity index (χ3n) is 1.73. The van der Waals surface area contributed by atoms with Crippen LogP contribution < -0.4 is 5.32 Å². The van der Waals surface area contributed by atoms with Gasteiger partial charge < -0.3 is 10.2 Å². The highest BCUT2D eigenvalue weighted by atomic mass is 16.2. The Hall–Kier alpha value is -0.570. The fourth-order valence-corrected chi connectivity index (χ4v) is 1.08. The molecule has 0 unspecified atom stereocenters. The summed E-state index contributed by atoms with van der Waals surface area (Å²) in [5.41, 5.74) is 0. The highest BCUT2D eigenvalue weighted by Crippen LogP contribution is 1.95. The molecule has 0 aliphatic heterocycles. The molecule has 0 aromatic rings. The molecule has 3 nitrogen and oxygen atoms in total. The maximum absolute atomic E-state index is 11.4. The largest absolute Gasteiger partial charge is 0.344 e. The zero-order chi connectivity index (χ0) is 10.4. The van der Waals surface area contributed by atoms with Crippen molar-refractivity contribution in [1.82, 2.24) is 10.2 Å². The van der Waals surface area contributed by atoms with Crippen molar-refractivity contribution in [2.24, 2.45) is 5.92 Å². The van der Waals surface area contributed by atoms with Crippen LogP contribution in [-0.2, 0) is 4.79 Å². The van der Waals surface area contributed by atoms with Gasteiger partial charge in [0.05, 0.1) is 6.54 Å². The van der Waals surface area contributed by atoms with Crippen molar-refractivity contribution in [3.8, 4) is 0 Å². The molecule has 0 bridgehead atoms. The van der Waals surface area contributed by atoms with Crippen molar-refractivity contribution < 1.29 is 4.79 Å². The Morgan fingerprint density at radius 1 is 1.31 bits per heavy atom. The van der Waals surface area contributed by atoms with E-state index >= 15 is 0 Å². The molecule has 3 heteroatoms. The predicted molar refractivity (Wildman–Crippen MR) is 55.6 cm³/mol. The van der Waals surface area contributed by atoms with Gasteiger partial charge in [-0.3, -0.25) is 4.79 Å². The predicted octanol–water partition coefficient (Wildman–Crippen LogP) is 1.10. The monoisotopic (exact) mass is 186 g/mol. The molecule has 0 fully saturated rings. The van der Waals surface area contributed by atoms with E-state index in [-0.39, 0.29) is 5.91 Å². The van der Waals surface area contributed by atoms with Crippen LogP contribution in [0.4, 0.5) is 0 Å². The van der Waals surface area contributed by atoms with Gasteiger partial charge >= 0.3 is 0 Å². The molecule has 0 rings (SSSR count). The maximum Gasteiger partial charge on any atom is 0.236 e. The Labute approximate surface area is 81.5 Å². The summed E-state index contributed by atoms with van der Waals surface area (Å²) in [6.45, 7) is 9.57. The standard InChI is InChI=1S/C10H22N2O/c1-8(2)7-12(5)10(13)6-11-9(3)4/h8-9,11H,6-7H2,1-5H3. The third kappa shape index (κ3) is 6.58. The van der Waals surface area contributed by atoms with E-state index in [4.69, 9.17) is 0 Å². The van der Waals surface area contributed by atoms with Gasteiger partial charge in [-0.2, -0.15) is 0 Å². The first-order valence-electron chi connectivity index (χ1n) is 4.90. The van der Waals surface area contributed by atoms with Crippen LogP contribution in [-0.4, -0.2) is 37.0 Å². The number of carbonyl (C=O) groups excluding carboxylic acids is 1. The number of likely N-dealkylation sites (N-methyl/N-ethyl adjacent to an activating group) is 1. The number of rotatable bonds is 5. The molecule has 0 radical (unpaired) electrons. The van der Waals surface area contributed by atoms with Crippen LogP contribution in [0, 0.1) is 5.92 Å². The smallest absolute Gasteiger partial charge is 0.236 e. The summed E-state index contributed by atoms with van der Waals surface area (Å²) in [7, 11) is 1.85. The molecule has 13 heavy (non-hydrogen) atoms. The van der Waals surface area contributed by atoms with E-state index in [1.54, 1.807) is 4.90 Å². The van der Waals surface area contributed by atoms with Crippen LogP contribution >= 0.6 is 0 Å². The molecular formula is C10H22N2O. The molecule has 0 saturated heterocycles.